The fourth-order valence-corrected chi connectivity index (χ4v) is 2.71. The first-order valence-electron chi connectivity index (χ1n) is 4.77. The average Bonchev–Trinajstić information content (AvgIpc) is 2.29. The van der Waals surface area contributed by atoms with Crippen LogP contribution in [0.1, 0.15) is 13.3 Å². The topological polar surface area (TPSA) is 70.0 Å². The van der Waals surface area contributed by atoms with Crippen molar-refractivity contribution >= 4 is 33.2 Å². The second kappa shape index (κ2) is 5.69. The molecule has 0 spiro atoms. The molecule has 1 atom stereocenters. The van der Waals surface area contributed by atoms with E-state index in [1.54, 1.807) is 6.92 Å². The largest absolute Gasteiger partial charge is 0.241 e. The SMILES string of the molecule is CCC(C#N)NS(=O)(=O)c1ccc(Cl)c(Cl)c1. The van der Waals surface area contributed by atoms with E-state index in [-0.39, 0.29) is 14.9 Å². The van der Waals surface area contributed by atoms with Gasteiger partial charge in [0.2, 0.25) is 10.0 Å². The number of nitrogens with one attached hydrogen (secondary N) is 1. The molecule has 1 N–H and O–H groups in total. The summed E-state index contributed by atoms with van der Waals surface area (Å²) >= 11 is 11.4. The highest BCUT2D eigenvalue weighted by atomic mass is 35.5. The number of halogens is 2. The van der Waals surface area contributed by atoms with Crippen molar-refractivity contribution in [3.05, 3.63) is 28.2 Å². The van der Waals surface area contributed by atoms with Gasteiger partial charge < -0.3 is 0 Å². The molecule has 0 heterocycles. The third-order valence-electron chi connectivity index (χ3n) is 2.06. The van der Waals surface area contributed by atoms with Crippen molar-refractivity contribution in [3.63, 3.8) is 0 Å². The van der Waals surface area contributed by atoms with Crippen molar-refractivity contribution in [2.75, 3.05) is 0 Å². The van der Waals surface area contributed by atoms with Crippen LogP contribution in [0.15, 0.2) is 23.1 Å². The Bertz CT molecular complexity index is 552. The maximum Gasteiger partial charge on any atom is 0.241 e. The van der Waals surface area contributed by atoms with Crippen LogP contribution in [0, 0.1) is 11.3 Å². The number of benzene rings is 1. The lowest BCUT2D eigenvalue weighted by Crippen LogP contribution is -2.33. The van der Waals surface area contributed by atoms with Crippen molar-refractivity contribution in [3.8, 4) is 6.07 Å². The first kappa shape index (κ1) is 14.3. The van der Waals surface area contributed by atoms with Crippen LogP contribution in [0.2, 0.25) is 10.0 Å². The van der Waals surface area contributed by atoms with Crippen molar-refractivity contribution in [1.29, 1.82) is 5.26 Å². The molecule has 92 valence electrons. The predicted molar refractivity (Wildman–Crippen MR) is 66.5 cm³/mol. The Morgan fingerprint density at radius 2 is 2.06 bits per heavy atom. The van der Waals surface area contributed by atoms with Crippen LogP contribution < -0.4 is 4.72 Å². The summed E-state index contributed by atoms with van der Waals surface area (Å²) in [6.07, 6.45) is 0.386. The molecule has 0 aromatic heterocycles. The van der Waals surface area contributed by atoms with Gasteiger partial charge in [-0.25, -0.2) is 8.42 Å². The maximum absolute atomic E-state index is 11.9. The fraction of sp³-hybridized carbons (Fsp3) is 0.300. The van der Waals surface area contributed by atoms with Gasteiger partial charge in [-0.15, -0.1) is 0 Å². The summed E-state index contributed by atoms with van der Waals surface area (Å²) in [5, 5.41) is 9.14. The molecule has 0 aliphatic heterocycles. The van der Waals surface area contributed by atoms with Gasteiger partial charge in [0.25, 0.3) is 0 Å². The monoisotopic (exact) mass is 292 g/mol. The van der Waals surface area contributed by atoms with Crippen molar-refractivity contribution in [2.24, 2.45) is 0 Å². The van der Waals surface area contributed by atoms with Crippen LogP contribution in [0.4, 0.5) is 0 Å². The summed E-state index contributed by atoms with van der Waals surface area (Å²) in [5.41, 5.74) is 0. The Kier molecular flexibility index (Phi) is 4.78. The van der Waals surface area contributed by atoms with E-state index in [9.17, 15) is 8.42 Å². The Labute approximate surface area is 110 Å². The smallest absolute Gasteiger partial charge is 0.207 e. The minimum Gasteiger partial charge on any atom is -0.207 e. The van der Waals surface area contributed by atoms with Crippen LogP contribution in [-0.2, 0) is 10.0 Å². The van der Waals surface area contributed by atoms with E-state index in [1.165, 1.54) is 18.2 Å². The van der Waals surface area contributed by atoms with E-state index in [4.69, 9.17) is 28.5 Å². The molecule has 0 saturated heterocycles. The van der Waals surface area contributed by atoms with Crippen molar-refractivity contribution < 1.29 is 8.42 Å². The van der Waals surface area contributed by atoms with E-state index >= 15 is 0 Å². The third-order valence-corrected chi connectivity index (χ3v) is 4.27. The molecule has 0 amide bonds. The van der Waals surface area contributed by atoms with Crippen LogP contribution in [0.5, 0.6) is 0 Å². The van der Waals surface area contributed by atoms with Crippen LogP contribution >= 0.6 is 23.2 Å². The molecule has 0 aliphatic rings. The molecule has 1 aromatic carbocycles. The Morgan fingerprint density at radius 3 is 2.53 bits per heavy atom. The molecule has 0 radical (unpaired) electrons. The number of nitriles is 1. The lowest BCUT2D eigenvalue weighted by Gasteiger charge is -2.10. The average molecular weight is 293 g/mol. The molecule has 0 bridgehead atoms. The number of hydrogen-bond acceptors (Lipinski definition) is 3. The van der Waals surface area contributed by atoms with Gasteiger partial charge in [0.05, 0.1) is 21.0 Å². The molecular formula is C10H10Cl2N2O2S. The third kappa shape index (κ3) is 3.58. The second-order valence-corrected chi connectivity index (χ2v) is 5.82. The molecular weight excluding hydrogens is 283 g/mol. The summed E-state index contributed by atoms with van der Waals surface area (Å²) < 4.78 is 26.0. The first-order chi connectivity index (χ1) is 7.90. The Morgan fingerprint density at radius 1 is 1.41 bits per heavy atom. The molecule has 17 heavy (non-hydrogen) atoms. The van der Waals surface area contributed by atoms with Crippen molar-refractivity contribution in [1.82, 2.24) is 4.72 Å². The molecule has 0 fully saturated rings. The highest BCUT2D eigenvalue weighted by molar-refractivity contribution is 7.89. The number of sulfonamides is 1. The normalized spacial score (nSPS) is 13.1. The van der Waals surface area contributed by atoms with Gasteiger partial charge in [-0.2, -0.15) is 9.98 Å². The highest BCUT2D eigenvalue weighted by Gasteiger charge is 2.19. The molecule has 7 heteroatoms. The van der Waals surface area contributed by atoms with E-state index in [0.29, 0.717) is 6.42 Å². The zero-order valence-electron chi connectivity index (χ0n) is 8.94. The predicted octanol–water partition coefficient (Wildman–Crippen LogP) is 2.57. The standard InChI is InChI=1S/C10H10Cl2N2O2S/c1-2-7(6-13)14-17(15,16)8-3-4-9(11)10(12)5-8/h3-5,7,14H,2H2,1H3. The van der Waals surface area contributed by atoms with Gasteiger partial charge in [-0.3, -0.25) is 0 Å². The quantitative estimate of drug-likeness (QED) is 0.927. The minimum absolute atomic E-state index is 0.0133. The van der Waals surface area contributed by atoms with E-state index in [1.807, 2.05) is 6.07 Å². The highest BCUT2D eigenvalue weighted by Crippen LogP contribution is 2.24. The van der Waals surface area contributed by atoms with Gasteiger partial charge in [0.1, 0.15) is 6.04 Å². The molecule has 0 saturated carbocycles. The number of hydrogen-bond donors (Lipinski definition) is 1. The van der Waals surface area contributed by atoms with Gasteiger partial charge in [0, 0.05) is 0 Å². The van der Waals surface area contributed by atoms with E-state index in [2.05, 4.69) is 4.72 Å². The van der Waals surface area contributed by atoms with E-state index in [0.717, 1.165) is 0 Å². The molecule has 1 aromatic rings. The molecule has 4 nitrogen and oxygen atoms in total. The van der Waals surface area contributed by atoms with Crippen LogP contribution in [0.3, 0.4) is 0 Å². The number of rotatable bonds is 4. The summed E-state index contributed by atoms with van der Waals surface area (Å²) in [5.74, 6) is 0. The molecule has 1 rings (SSSR count). The Hall–Kier alpha value is -0.800. The summed E-state index contributed by atoms with van der Waals surface area (Å²) in [7, 11) is -3.74. The zero-order valence-corrected chi connectivity index (χ0v) is 11.3. The zero-order chi connectivity index (χ0) is 13.1. The van der Waals surface area contributed by atoms with E-state index < -0.39 is 16.1 Å². The van der Waals surface area contributed by atoms with Gasteiger partial charge in [0.15, 0.2) is 0 Å². The first-order valence-corrected chi connectivity index (χ1v) is 7.01. The van der Waals surface area contributed by atoms with Crippen LogP contribution in [0.25, 0.3) is 0 Å². The van der Waals surface area contributed by atoms with Crippen molar-refractivity contribution in [2.45, 2.75) is 24.3 Å². The molecule has 1 unspecified atom stereocenters. The Balaban J connectivity index is 3.06. The number of nitrogens with zero attached hydrogens (tertiary/aromatic N) is 1. The maximum atomic E-state index is 11.9. The van der Waals surface area contributed by atoms with Gasteiger partial charge in [-0.1, -0.05) is 30.1 Å². The van der Waals surface area contributed by atoms with Crippen LogP contribution in [-0.4, -0.2) is 14.5 Å². The van der Waals surface area contributed by atoms with Gasteiger partial charge in [-0.05, 0) is 24.6 Å². The second-order valence-electron chi connectivity index (χ2n) is 3.29. The van der Waals surface area contributed by atoms with Gasteiger partial charge >= 0.3 is 0 Å². The fourth-order valence-electron chi connectivity index (χ4n) is 1.10. The summed E-state index contributed by atoms with van der Waals surface area (Å²) in [4.78, 5) is -0.0133. The lowest BCUT2D eigenvalue weighted by molar-refractivity contribution is 0.569. The lowest BCUT2D eigenvalue weighted by atomic mass is 10.3. The summed E-state index contributed by atoms with van der Waals surface area (Å²) in [6, 6.07) is 5.07. The summed E-state index contributed by atoms with van der Waals surface area (Å²) in [6.45, 7) is 1.71. The molecule has 0 aliphatic carbocycles. The minimum atomic E-state index is -3.74.